The highest BCUT2D eigenvalue weighted by Crippen LogP contribution is 2.28. The molecule has 0 aromatic carbocycles. The second-order valence-corrected chi connectivity index (χ2v) is 4.82. The van der Waals surface area contributed by atoms with Gasteiger partial charge in [0, 0.05) is 6.92 Å². The monoisotopic (exact) mass is 255 g/mol. The molecule has 1 heterocycles. The van der Waals surface area contributed by atoms with Crippen LogP contribution < -0.4 is 0 Å². The topological polar surface area (TPSA) is 83.9 Å². The average Bonchev–Trinajstić information content (AvgIpc) is 2.55. The normalized spacial score (nSPS) is 32.8. The van der Waals surface area contributed by atoms with Crippen LogP contribution in [-0.2, 0) is 19.1 Å². The van der Waals surface area contributed by atoms with Crippen LogP contribution in [0.15, 0.2) is 0 Å². The maximum Gasteiger partial charge on any atom is 0.303 e. The van der Waals surface area contributed by atoms with Crippen molar-refractivity contribution < 1.29 is 24.2 Å². The average molecular weight is 255 g/mol. The Kier molecular flexibility index (Phi) is 3.65. The number of ether oxygens (including phenoxy) is 1. The Bertz CT molecular complexity index is 381. The fourth-order valence-electron chi connectivity index (χ4n) is 2.66. The van der Waals surface area contributed by atoms with Gasteiger partial charge in [-0.1, -0.05) is 12.8 Å². The summed E-state index contributed by atoms with van der Waals surface area (Å²) in [6.07, 6.45) is 1.22. The van der Waals surface area contributed by atoms with Gasteiger partial charge in [0.05, 0.1) is 18.6 Å². The minimum Gasteiger partial charge on any atom is -0.452 e. The van der Waals surface area contributed by atoms with Crippen molar-refractivity contribution in [3.8, 4) is 0 Å². The van der Waals surface area contributed by atoms with Gasteiger partial charge in [-0.05, 0) is 12.8 Å². The molecule has 1 unspecified atom stereocenters. The molecule has 0 aromatic heterocycles. The Balaban J connectivity index is 2.10. The van der Waals surface area contributed by atoms with Crippen LogP contribution in [-0.4, -0.2) is 46.0 Å². The zero-order valence-corrected chi connectivity index (χ0v) is 10.3. The Hall–Kier alpha value is -1.43. The van der Waals surface area contributed by atoms with Crippen LogP contribution in [0.5, 0.6) is 0 Å². The lowest BCUT2D eigenvalue weighted by molar-refractivity contribution is -0.157. The molecule has 18 heavy (non-hydrogen) atoms. The van der Waals surface area contributed by atoms with Gasteiger partial charge < -0.3 is 9.84 Å². The second-order valence-electron chi connectivity index (χ2n) is 4.82. The van der Waals surface area contributed by atoms with E-state index in [0.29, 0.717) is 12.8 Å². The number of aliphatic hydroxyl groups excluding tert-OH is 1. The van der Waals surface area contributed by atoms with Gasteiger partial charge in [0.1, 0.15) is 0 Å². The molecule has 0 radical (unpaired) electrons. The minimum atomic E-state index is -1.01. The molecule has 6 heteroatoms. The van der Waals surface area contributed by atoms with E-state index in [1.165, 1.54) is 6.92 Å². The van der Waals surface area contributed by atoms with Crippen LogP contribution in [0.4, 0.5) is 0 Å². The van der Waals surface area contributed by atoms with Crippen LogP contribution in [0.1, 0.15) is 39.0 Å². The third-order valence-corrected chi connectivity index (χ3v) is 3.48. The van der Waals surface area contributed by atoms with Crippen molar-refractivity contribution in [2.24, 2.45) is 0 Å². The molecule has 2 fully saturated rings. The first-order chi connectivity index (χ1) is 8.50. The molecule has 2 aliphatic rings. The Morgan fingerprint density at radius 2 is 2.00 bits per heavy atom. The molecule has 1 aliphatic heterocycles. The highest BCUT2D eigenvalue weighted by molar-refractivity contribution is 6.06. The maximum atomic E-state index is 12.0. The predicted octanol–water partition coefficient (Wildman–Crippen LogP) is -0.0195. The van der Waals surface area contributed by atoms with Crippen LogP contribution >= 0.6 is 0 Å². The highest BCUT2D eigenvalue weighted by atomic mass is 16.5. The van der Waals surface area contributed by atoms with Crippen molar-refractivity contribution in [2.75, 3.05) is 0 Å². The number of nitrogens with zero attached hydrogens (tertiary/aromatic N) is 1. The quantitative estimate of drug-likeness (QED) is 0.554. The molecule has 100 valence electrons. The third kappa shape index (κ3) is 2.38. The molecule has 1 aliphatic carbocycles. The number of carbonyl (C=O) groups excluding carboxylic acids is 3. The van der Waals surface area contributed by atoms with E-state index in [0.717, 1.165) is 17.7 Å². The van der Waals surface area contributed by atoms with Gasteiger partial charge in [0.15, 0.2) is 6.10 Å². The first kappa shape index (κ1) is 13.0. The number of likely N-dealkylation sites (tertiary alicyclic amines) is 1. The standard InChI is InChI=1S/C12H17NO5/c1-7(14)18-10-6-11(16)13(12(10)17)8-4-2-3-5-9(8)15/h8-10,15H,2-6H2,1H3/t8?,9-,10-/m1/s1. The SMILES string of the molecule is CC(=O)O[C@@H]1CC(=O)N(C2CCCC[C@H]2O)C1=O. The van der Waals surface area contributed by atoms with E-state index in [2.05, 4.69) is 0 Å². The Morgan fingerprint density at radius 3 is 2.61 bits per heavy atom. The summed E-state index contributed by atoms with van der Waals surface area (Å²) in [5.41, 5.74) is 0. The summed E-state index contributed by atoms with van der Waals surface area (Å²) in [4.78, 5) is 35.8. The molecule has 1 saturated carbocycles. The Labute approximate surface area is 105 Å². The number of rotatable bonds is 2. The van der Waals surface area contributed by atoms with E-state index in [1.54, 1.807) is 0 Å². The number of hydrogen-bond donors (Lipinski definition) is 1. The molecule has 0 spiro atoms. The first-order valence-corrected chi connectivity index (χ1v) is 6.22. The highest BCUT2D eigenvalue weighted by Gasteiger charge is 2.46. The van der Waals surface area contributed by atoms with Crippen molar-refractivity contribution >= 4 is 17.8 Å². The van der Waals surface area contributed by atoms with E-state index in [4.69, 9.17) is 4.74 Å². The fourth-order valence-corrected chi connectivity index (χ4v) is 2.66. The van der Waals surface area contributed by atoms with Gasteiger partial charge in [-0.2, -0.15) is 0 Å². The van der Waals surface area contributed by atoms with E-state index in [1.807, 2.05) is 0 Å². The lowest BCUT2D eigenvalue weighted by Crippen LogP contribution is -2.49. The number of carbonyl (C=O) groups is 3. The van der Waals surface area contributed by atoms with Gasteiger partial charge in [0.2, 0.25) is 5.91 Å². The van der Waals surface area contributed by atoms with Crippen LogP contribution in [0, 0.1) is 0 Å². The molecular weight excluding hydrogens is 238 g/mol. The number of hydrogen-bond acceptors (Lipinski definition) is 5. The number of aliphatic hydroxyl groups is 1. The number of amides is 2. The summed E-state index contributed by atoms with van der Waals surface area (Å²) < 4.78 is 4.82. The summed E-state index contributed by atoms with van der Waals surface area (Å²) in [6, 6.07) is -0.459. The summed E-state index contributed by atoms with van der Waals surface area (Å²) in [5.74, 6) is -1.44. The zero-order valence-electron chi connectivity index (χ0n) is 10.3. The molecule has 0 aromatic rings. The van der Waals surface area contributed by atoms with Crippen LogP contribution in [0.2, 0.25) is 0 Å². The van der Waals surface area contributed by atoms with Gasteiger partial charge in [-0.15, -0.1) is 0 Å². The van der Waals surface area contributed by atoms with E-state index < -0.39 is 30.1 Å². The smallest absolute Gasteiger partial charge is 0.303 e. The Morgan fingerprint density at radius 1 is 1.33 bits per heavy atom. The van der Waals surface area contributed by atoms with E-state index in [9.17, 15) is 19.5 Å². The summed E-state index contributed by atoms with van der Waals surface area (Å²) in [7, 11) is 0. The molecule has 6 nitrogen and oxygen atoms in total. The van der Waals surface area contributed by atoms with E-state index in [-0.39, 0.29) is 12.3 Å². The molecule has 1 saturated heterocycles. The first-order valence-electron chi connectivity index (χ1n) is 6.22. The van der Waals surface area contributed by atoms with Gasteiger partial charge in [0.25, 0.3) is 5.91 Å². The largest absolute Gasteiger partial charge is 0.452 e. The van der Waals surface area contributed by atoms with Crippen LogP contribution in [0.25, 0.3) is 0 Å². The minimum absolute atomic E-state index is 0.109. The molecule has 0 bridgehead atoms. The van der Waals surface area contributed by atoms with Gasteiger partial charge in [-0.25, -0.2) is 0 Å². The third-order valence-electron chi connectivity index (χ3n) is 3.48. The van der Waals surface area contributed by atoms with Crippen molar-refractivity contribution in [2.45, 2.75) is 57.3 Å². The van der Waals surface area contributed by atoms with Crippen LogP contribution in [0.3, 0.4) is 0 Å². The second kappa shape index (κ2) is 5.06. The number of esters is 1. The lowest BCUT2D eigenvalue weighted by atomic mass is 9.91. The number of imide groups is 1. The maximum absolute atomic E-state index is 12.0. The van der Waals surface area contributed by atoms with Crippen molar-refractivity contribution in [1.82, 2.24) is 4.90 Å². The summed E-state index contributed by atoms with van der Waals surface area (Å²) >= 11 is 0. The molecule has 3 atom stereocenters. The van der Waals surface area contributed by atoms with E-state index >= 15 is 0 Å². The molecule has 1 N–H and O–H groups in total. The molecule has 2 rings (SSSR count). The summed E-state index contributed by atoms with van der Waals surface area (Å²) in [5, 5.41) is 9.88. The molecule has 2 amide bonds. The van der Waals surface area contributed by atoms with Crippen molar-refractivity contribution in [1.29, 1.82) is 0 Å². The summed E-state index contributed by atoms with van der Waals surface area (Å²) in [6.45, 7) is 1.20. The van der Waals surface area contributed by atoms with Gasteiger partial charge >= 0.3 is 5.97 Å². The fraction of sp³-hybridized carbons (Fsp3) is 0.750. The lowest BCUT2D eigenvalue weighted by Gasteiger charge is -2.33. The van der Waals surface area contributed by atoms with Crippen molar-refractivity contribution in [3.63, 3.8) is 0 Å². The van der Waals surface area contributed by atoms with Gasteiger partial charge in [-0.3, -0.25) is 19.3 Å². The zero-order chi connectivity index (χ0) is 13.3. The van der Waals surface area contributed by atoms with Crippen molar-refractivity contribution in [3.05, 3.63) is 0 Å². The molecular formula is C12H17NO5. The predicted molar refractivity (Wildman–Crippen MR) is 60.3 cm³/mol.